The van der Waals surface area contributed by atoms with E-state index in [0.29, 0.717) is 42.5 Å². The molecule has 8 nitrogen and oxygen atoms in total. The Morgan fingerprint density at radius 3 is 2.10 bits per heavy atom. The second kappa shape index (κ2) is 7.51. The molecule has 2 aromatic carbocycles. The molecule has 5 rings (SSSR count). The molecule has 9 heteroatoms. The van der Waals surface area contributed by atoms with Crippen molar-refractivity contribution in [3.8, 4) is 11.4 Å². The maximum Gasteiger partial charge on any atom is 0.243 e. The average molecular weight is 420 g/mol. The lowest BCUT2D eigenvalue weighted by atomic mass is 10.2. The van der Waals surface area contributed by atoms with Crippen LogP contribution in [-0.2, 0) is 10.0 Å². The van der Waals surface area contributed by atoms with Gasteiger partial charge in [-0.1, -0.05) is 48.5 Å². The van der Waals surface area contributed by atoms with Crippen molar-refractivity contribution >= 4 is 21.5 Å². The number of sulfonamides is 1. The standard InChI is InChI=1S/C21H20N6O2S/c28-30(29,18-9-5-2-6-10-18)26-15-13-25(14-16-26)20-12-11-19-22-23-21(27(19)24-20)17-7-3-1-4-8-17/h1-12H,13-16H2. The van der Waals surface area contributed by atoms with Crippen molar-refractivity contribution in [3.05, 3.63) is 72.8 Å². The van der Waals surface area contributed by atoms with Crippen LogP contribution in [0.5, 0.6) is 0 Å². The molecular weight excluding hydrogens is 400 g/mol. The Morgan fingerprint density at radius 1 is 0.733 bits per heavy atom. The topological polar surface area (TPSA) is 83.7 Å². The number of hydrogen-bond donors (Lipinski definition) is 0. The molecule has 0 spiro atoms. The average Bonchev–Trinajstić information content (AvgIpc) is 3.24. The van der Waals surface area contributed by atoms with Crippen molar-refractivity contribution in [1.29, 1.82) is 0 Å². The van der Waals surface area contributed by atoms with E-state index in [9.17, 15) is 8.42 Å². The Bertz CT molecular complexity index is 1270. The van der Waals surface area contributed by atoms with Gasteiger partial charge in [-0.25, -0.2) is 8.42 Å². The highest BCUT2D eigenvalue weighted by Crippen LogP contribution is 2.22. The van der Waals surface area contributed by atoms with Crippen molar-refractivity contribution in [2.45, 2.75) is 4.90 Å². The SMILES string of the molecule is O=S(=O)(c1ccccc1)N1CCN(c2ccc3nnc(-c4ccccc4)n3n2)CC1. The maximum absolute atomic E-state index is 12.8. The fourth-order valence-electron chi connectivity index (χ4n) is 3.61. The zero-order valence-corrected chi connectivity index (χ0v) is 17.0. The second-order valence-electron chi connectivity index (χ2n) is 7.06. The molecule has 4 aromatic rings. The number of aromatic nitrogens is 4. The second-order valence-corrected chi connectivity index (χ2v) is 8.99. The van der Waals surface area contributed by atoms with E-state index in [1.165, 1.54) is 4.31 Å². The zero-order valence-electron chi connectivity index (χ0n) is 16.2. The van der Waals surface area contributed by atoms with Crippen LogP contribution in [0.3, 0.4) is 0 Å². The van der Waals surface area contributed by atoms with Gasteiger partial charge in [-0.15, -0.1) is 15.3 Å². The summed E-state index contributed by atoms with van der Waals surface area (Å²) in [6.45, 7) is 1.94. The van der Waals surface area contributed by atoms with Gasteiger partial charge in [0.15, 0.2) is 11.5 Å². The van der Waals surface area contributed by atoms with E-state index < -0.39 is 10.0 Å². The lowest BCUT2D eigenvalue weighted by Gasteiger charge is -2.34. The minimum absolute atomic E-state index is 0.329. The maximum atomic E-state index is 12.8. The molecule has 0 saturated carbocycles. The van der Waals surface area contributed by atoms with Gasteiger partial charge in [0, 0.05) is 31.7 Å². The van der Waals surface area contributed by atoms with Gasteiger partial charge in [0.25, 0.3) is 0 Å². The third-order valence-electron chi connectivity index (χ3n) is 5.22. The predicted octanol–water partition coefficient (Wildman–Crippen LogP) is 2.30. The molecule has 0 unspecified atom stereocenters. The molecule has 1 fully saturated rings. The van der Waals surface area contributed by atoms with Crippen LogP contribution < -0.4 is 4.90 Å². The lowest BCUT2D eigenvalue weighted by Crippen LogP contribution is -2.49. The Morgan fingerprint density at radius 2 is 1.40 bits per heavy atom. The summed E-state index contributed by atoms with van der Waals surface area (Å²) in [6.07, 6.45) is 0. The van der Waals surface area contributed by atoms with Crippen molar-refractivity contribution in [2.75, 3.05) is 31.1 Å². The molecule has 1 aliphatic heterocycles. The molecule has 0 radical (unpaired) electrons. The van der Waals surface area contributed by atoms with Crippen molar-refractivity contribution < 1.29 is 8.42 Å². The Balaban J connectivity index is 1.38. The van der Waals surface area contributed by atoms with Crippen molar-refractivity contribution in [1.82, 2.24) is 24.1 Å². The highest BCUT2D eigenvalue weighted by Gasteiger charge is 2.29. The number of piperazine rings is 1. The van der Waals surface area contributed by atoms with E-state index >= 15 is 0 Å². The largest absolute Gasteiger partial charge is 0.353 e. The summed E-state index contributed by atoms with van der Waals surface area (Å²) < 4.78 is 29.0. The minimum Gasteiger partial charge on any atom is -0.353 e. The molecule has 0 bridgehead atoms. The number of rotatable bonds is 4. The third kappa shape index (κ3) is 3.31. The van der Waals surface area contributed by atoms with Crippen LogP contribution in [0.15, 0.2) is 77.7 Å². The summed E-state index contributed by atoms with van der Waals surface area (Å²) in [4.78, 5) is 2.42. The first kappa shape index (κ1) is 18.7. The van der Waals surface area contributed by atoms with Gasteiger partial charge in [0.2, 0.25) is 10.0 Å². The molecule has 0 atom stereocenters. The molecule has 0 N–H and O–H groups in total. The summed E-state index contributed by atoms with van der Waals surface area (Å²) in [7, 11) is -3.48. The first-order valence-corrected chi connectivity index (χ1v) is 11.1. The number of benzene rings is 2. The monoisotopic (exact) mass is 420 g/mol. The molecule has 0 aliphatic carbocycles. The lowest BCUT2D eigenvalue weighted by molar-refractivity contribution is 0.383. The zero-order chi connectivity index (χ0) is 20.6. The van der Waals surface area contributed by atoms with Gasteiger partial charge in [0.05, 0.1) is 4.90 Å². The summed E-state index contributed by atoms with van der Waals surface area (Å²) in [5.74, 6) is 1.45. The van der Waals surface area contributed by atoms with Crippen LogP contribution in [0.1, 0.15) is 0 Å². The van der Waals surface area contributed by atoms with Gasteiger partial charge in [-0.05, 0) is 24.3 Å². The molecule has 0 amide bonds. The Kier molecular flexibility index (Phi) is 4.68. The smallest absolute Gasteiger partial charge is 0.243 e. The third-order valence-corrected chi connectivity index (χ3v) is 7.14. The molecule has 3 heterocycles. The summed E-state index contributed by atoms with van der Waals surface area (Å²) in [6, 6.07) is 22.1. The number of fused-ring (bicyclic) bond motifs is 1. The molecule has 1 saturated heterocycles. The van der Waals surface area contributed by atoms with Crippen LogP contribution in [-0.4, -0.2) is 58.7 Å². The van der Waals surface area contributed by atoms with Crippen LogP contribution in [0, 0.1) is 0 Å². The van der Waals surface area contributed by atoms with Gasteiger partial charge in [-0.3, -0.25) is 0 Å². The first-order valence-electron chi connectivity index (χ1n) is 9.71. The van der Waals surface area contributed by atoms with Crippen LogP contribution >= 0.6 is 0 Å². The van der Waals surface area contributed by atoms with E-state index in [0.717, 1.165) is 11.4 Å². The first-order chi connectivity index (χ1) is 14.6. The van der Waals surface area contributed by atoms with E-state index in [1.807, 2.05) is 48.5 Å². The fourth-order valence-corrected chi connectivity index (χ4v) is 5.06. The van der Waals surface area contributed by atoms with E-state index in [-0.39, 0.29) is 0 Å². The van der Waals surface area contributed by atoms with Crippen molar-refractivity contribution in [2.24, 2.45) is 0 Å². The van der Waals surface area contributed by atoms with Gasteiger partial charge >= 0.3 is 0 Å². The van der Waals surface area contributed by atoms with Gasteiger partial charge in [-0.2, -0.15) is 8.82 Å². The van der Waals surface area contributed by atoms with E-state index in [1.54, 1.807) is 28.8 Å². The number of hydrogen-bond acceptors (Lipinski definition) is 6. The normalized spacial score (nSPS) is 15.5. The highest BCUT2D eigenvalue weighted by atomic mass is 32.2. The Labute approximate surface area is 174 Å². The minimum atomic E-state index is -3.48. The van der Waals surface area contributed by atoms with Crippen LogP contribution in [0.25, 0.3) is 17.0 Å². The fraction of sp³-hybridized carbons (Fsp3) is 0.190. The number of nitrogens with zero attached hydrogens (tertiary/aromatic N) is 6. The highest BCUT2D eigenvalue weighted by molar-refractivity contribution is 7.89. The summed E-state index contributed by atoms with van der Waals surface area (Å²) in [5, 5.41) is 13.2. The predicted molar refractivity (Wildman–Crippen MR) is 114 cm³/mol. The summed E-state index contributed by atoms with van der Waals surface area (Å²) >= 11 is 0. The van der Waals surface area contributed by atoms with Crippen molar-refractivity contribution in [3.63, 3.8) is 0 Å². The van der Waals surface area contributed by atoms with Gasteiger partial charge in [0.1, 0.15) is 5.82 Å². The molecule has 152 valence electrons. The number of anilines is 1. The molecule has 30 heavy (non-hydrogen) atoms. The van der Waals surface area contributed by atoms with Crippen LogP contribution in [0.2, 0.25) is 0 Å². The van der Waals surface area contributed by atoms with E-state index in [2.05, 4.69) is 15.1 Å². The quantitative estimate of drug-likeness (QED) is 0.504. The van der Waals surface area contributed by atoms with Gasteiger partial charge < -0.3 is 4.90 Å². The van der Waals surface area contributed by atoms with Crippen LogP contribution in [0.4, 0.5) is 5.82 Å². The molecule has 1 aliphatic rings. The van der Waals surface area contributed by atoms with E-state index in [4.69, 9.17) is 5.10 Å². The molecule has 2 aromatic heterocycles. The summed E-state index contributed by atoms with van der Waals surface area (Å²) in [5.41, 5.74) is 1.61. The molecular formula is C21H20N6O2S. The Hall–Kier alpha value is -3.30.